The number of esters is 1. The van der Waals surface area contributed by atoms with Crippen molar-refractivity contribution in [1.29, 1.82) is 0 Å². The Bertz CT molecular complexity index is 488. The van der Waals surface area contributed by atoms with Crippen molar-refractivity contribution in [3.8, 4) is 0 Å². The highest BCUT2D eigenvalue weighted by atomic mass is 35.5. The molecule has 0 spiro atoms. The molecule has 0 heterocycles. The van der Waals surface area contributed by atoms with E-state index in [9.17, 15) is 9.59 Å². The fourth-order valence-corrected chi connectivity index (χ4v) is 1.15. The molecule has 0 saturated heterocycles. The zero-order valence-corrected chi connectivity index (χ0v) is 11.4. The van der Waals surface area contributed by atoms with E-state index in [1.807, 2.05) is 0 Å². The van der Waals surface area contributed by atoms with Crippen molar-refractivity contribution in [2.24, 2.45) is 5.16 Å². The van der Waals surface area contributed by atoms with E-state index in [1.165, 1.54) is 31.4 Å². The van der Waals surface area contributed by atoms with Crippen LogP contribution in [0.25, 0.3) is 0 Å². The summed E-state index contributed by atoms with van der Waals surface area (Å²) in [7, 11) is 1.28. The van der Waals surface area contributed by atoms with Crippen LogP contribution in [-0.4, -0.2) is 30.2 Å². The van der Waals surface area contributed by atoms with Gasteiger partial charge in [0.2, 0.25) is 0 Å². The Balaban J connectivity index is 2.58. The fraction of sp³-hybridized carbons (Fsp3) is 0.182. The SMILES string of the molecule is COC(=O)c1ccc(NC(=O)O/N=C(\Cl)CCl)cc1. The molecule has 0 aliphatic carbocycles. The number of hydrogen-bond donors (Lipinski definition) is 1. The second-order valence-corrected chi connectivity index (χ2v) is 3.88. The van der Waals surface area contributed by atoms with Gasteiger partial charge in [0.1, 0.15) is 0 Å². The third-order valence-electron chi connectivity index (χ3n) is 1.89. The van der Waals surface area contributed by atoms with Gasteiger partial charge < -0.3 is 4.74 Å². The normalized spacial score (nSPS) is 10.8. The van der Waals surface area contributed by atoms with Gasteiger partial charge in [-0.2, -0.15) is 0 Å². The minimum atomic E-state index is -0.825. The first-order chi connectivity index (χ1) is 9.06. The summed E-state index contributed by atoms with van der Waals surface area (Å²) in [5, 5.41) is 5.60. The van der Waals surface area contributed by atoms with E-state index in [0.717, 1.165) is 0 Å². The molecule has 19 heavy (non-hydrogen) atoms. The van der Waals surface area contributed by atoms with Crippen LogP contribution in [0.2, 0.25) is 0 Å². The molecular formula is C11H10Cl2N2O4. The molecule has 0 aliphatic rings. The number of oxime groups is 1. The highest BCUT2D eigenvalue weighted by molar-refractivity contribution is 6.69. The van der Waals surface area contributed by atoms with Crippen molar-refractivity contribution in [3.63, 3.8) is 0 Å². The maximum absolute atomic E-state index is 11.3. The smallest absolute Gasteiger partial charge is 0.437 e. The molecule has 0 radical (unpaired) electrons. The van der Waals surface area contributed by atoms with Gasteiger partial charge in [0.05, 0.1) is 18.6 Å². The Hall–Kier alpha value is -1.79. The number of nitrogens with zero attached hydrogens (tertiary/aromatic N) is 1. The number of carbonyl (C=O) groups is 2. The molecule has 0 aliphatic heterocycles. The molecule has 102 valence electrons. The molecule has 1 amide bonds. The molecule has 0 bridgehead atoms. The van der Waals surface area contributed by atoms with Crippen molar-refractivity contribution in [3.05, 3.63) is 29.8 Å². The number of anilines is 1. The Morgan fingerprint density at radius 1 is 1.32 bits per heavy atom. The maximum Gasteiger partial charge on any atom is 0.437 e. The van der Waals surface area contributed by atoms with Crippen molar-refractivity contribution in [2.75, 3.05) is 18.3 Å². The summed E-state index contributed by atoms with van der Waals surface area (Å²) >= 11 is 10.8. The number of benzene rings is 1. The van der Waals surface area contributed by atoms with Crippen LogP contribution in [-0.2, 0) is 9.57 Å². The average Bonchev–Trinajstić information content (AvgIpc) is 2.44. The minimum absolute atomic E-state index is 0.0437. The number of halogens is 2. The highest BCUT2D eigenvalue weighted by Gasteiger charge is 2.07. The molecule has 0 unspecified atom stereocenters. The molecule has 0 aromatic heterocycles. The molecular weight excluding hydrogens is 295 g/mol. The topological polar surface area (TPSA) is 77.0 Å². The van der Waals surface area contributed by atoms with Crippen molar-refractivity contribution in [1.82, 2.24) is 0 Å². The monoisotopic (exact) mass is 304 g/mol. The number of methoxy groups -OCH3 is 1. The summed E-state index contributed by atoms with van der Waals surface area (Å²) in [5.41, 5.74) is 0.791. The van der Waals surface area contributed by atoms with Gasteiger partial charge in [-0.1, -0.05) is 16.8 Å². The molecule has 1 N–H and O–H groups in total. The first-order valence-corrected chi connectivity index (χ1v) is 5.92. The van der Waals surface area contributed by atoms with Gasteiger partial charge in [-0.05, 0) is 24.3 Å². The minimum Gasteiger partial charge on any atom is -0.465 e. The Morgan fingerprint density at radius 3 is 2.47 bits per heavy atom. The van der Waals surface area contributed by atoms with E-state index in [4.69, 9.17) is 23.2 Å². The van der Waals surface area contributed by atoms with Gasteiger partial charge >= 0.3 is 12.1 Å². The third kappa shape index (κ3) is 5.15. The summed E-state index contributed by atoms with van der Waals surface area (Å²) in [4.78, 5) is 26.9. The van der Waals surface area contributed by atoms with E-state index < -0.39 is 12.1 Å². The molecule has 0 atom stereocenters. The predicted octanol–water partition coefficient (Wildman–Crippen LogP) is 2.81. The average molecular weight is 305 g/mol. The zero-order valence-electron chi connectivity index (χ0n) is 9.85. The number of hydrogen-bond acceptors (Lipinski definition) is 5. The Kier molecular flexibility index (Phi) is 6.11. The lowest BCUT2D eigenvalue weighted by Crippen LogP contribution is -2.12. The molecule has 1 aromatic carbocycles. The molecule has 1 rings (SSSR count). The second kappa shape index (κ2) is 7.60. The number of nitrogens with one attached hydrogen (secondary N) is 1. The van der Waals surface area contributed by atoms with Gasteiger partial charge in [0, 0.05) is 5.69 Å². The molecule has 1 aromatic rings. The molecule has 8 heteroatoms. The van der Waals surface area contributed by atoms with Gasteiger partial charge in [0.15, 0.2) is 5.17 Å². The molecule has 0 saturated carbocycles. The number of rotatable bonds is 4. The molecule has 0 fully saturated rings. The largest absolute Gasteiger partial charge is 0.465 e. The summed E-state index contributed by atoms with van der Waals surface area (Å²) < 4.78 is 4.54. The lowest BCUT2D eigenvalue weighted by molar-refractivity contribution is 0.0600. The number of ether oxygens (including phenoxy) is 1. The van der Waals surface area contributed by atoms with E-state index in [2.05, 4.69) is 20.0 Å². The van der Waals surface area contributed by atoms with Crippen molar-refractivity contribution >= 4 is 46.1 Å². The Morgan fingerprint density at radius 2 is 1.95 bits per heavy atom. The van der Waals surface area contributed by atoms with Crippen LogP contribution in [0.5, 0.6) is 0 Å². The van der Waals surface area contributed by atoms with Crippen molar-refractivity contribution < 1.29 is 19.2 Å². The summed E-state index contributed by atoms with van der Waals surface area (Å²) in [6.45, 7) is 0. The quantitative estimate of drug-likeness (QED) is 0.305. The van der Waals surface area contributed by atoms with E-state index in [-0.39, 0.29) is 11.1 Å². The van der Waals surface area contributed by atoms with Crippen LogP contribution in [0.1, 0.15) is 10.4 Å². The van der Waals surface area contributed by atoms with E-state index >= 15 is 0 Å². The highest BCUT2D eigenvalue weighted by Crippen LogP contribution is 2.10. The number of carbonyl (C=O) groups excluding carboxylic acids is 2. The first kappa shape index (κ1) is 15.3. The lowest BCUT2D eigenvalue weighted by Gasteiger charge is -2.04. The summed E-state index contributed by atoms with van der Waals surface area (Å²) in [5.74, 6) is -0.518. The van der Waals surface area contributed by atoms with Crippen molar-refractivity contribution in [2.45, 2.75) is 0 Å². The van der Waals surface area contributed by atoms with Gasteiger partial charge in [0.25, 0.3) is 0 Å². The van der Waals surface area contributed by atoms with E-state index in [0.29, 0.717) is 11.3 Å². The summed E-state index contributed by atoms with van der Waals surface area (Å²) in [6.07, 6.45) is -0.825. The predicted molar refractivity (Wildman–Crippen MR) is 71.9 cm³/mol. The number of alkyl halides is 1. The zero-order chi connectivity index (χ0) is 14.3. The van der Waals surface area contributed by atoms with Crippen LogP contribution in [0, 0.1) is 0 Å². The van der Waals surface area contributed by atoms with Gasteiger partial charge in [-0.25, -0.2) is 9.59 Å². The Labute approximate surface area is 119 Å². The molecule has 6 nitrogen and oxygen atoms in total. The fourth-order valence-electron chi connectivity index (χ4n) is 1.06. The standard InChI is InChI=1S/C11H10Cl2N2O4/c1-18-10(16)7-2-4-8(5-3-7)14-11(17)19-15-9(13)6-12/h2-5H,6H2,1H3,(H,14,17)/b15-9-. The van der Waals surface area contributed by atoms with Crippen LogP contribution in [0.4, 0.5) is 10.5 Å². The summed E-state index contributed by atoms with van der Waals surface area (Å²) in [6, 6.07) is 6.02. The van der Waals surface area contributed by atoms with Crippen LogP contribution in [0.3, 0.4) is 0 Å². The van der Waals surface area contributed by atoms with Crippen LogP contribution < -0.4 is 5.32 Å². The van der Waals surface area contributed by atoms with Gasteiger partial charge in [-0.3, -0.25) is 10.2 Å². The lowest BCUT2D eigenvalue weighted by atomic mass is 10.2. The number of amides is 1. The van der Waals surface area contributed by atoms with Gasteiger partial charge in [-0.15, -0.1) is 11.6 Å². The maximum atomic E-state index is 11.3. The van der Waals surface area contributed by atoms with Crippen LogP contribution >= 0.6 is 23.2 Å². The van der Waals surface area contributed by atoms with E-state index in [1.54, 1.807) is 0 Å². The first-order valence-electron chi connectivity index (χ1n) is 5.01. The van der Waals surface area contributed by atoms with Crippen LogP contribution in [0.15, 0.2) is 29.4 Å². The third-order valence-corrected chi connectivity index (χ3v) is 2.48. The second-order valence-electron chi connectivity index (χ2n) is 3.17.